The van der Waals surface area contributed by atoms with Gasteiger partial charge in [-0.1, -0.05) is 23.7 Å². The molecular weight excluding hydrogens is 338 g/mol. The van der Waals surface area contributed by atoms with E-state index in [1.54, 1.807) is 0 Å². The average Bonchev–Trinajstić information content (AvgIpc) is 2.63. The first-order valence-corrected chi connectivity index (χ1v) is 8.11. The quantitative estimate of drug-likeness (QED) is 0.747. The Bertz CT molecular complexity index is 759. The topological polar surface area (TPSA) is 115 Å². The van der Waals surface area contributed by atoms with E-state index in [1.165, 1.54) is 6.33 Å². The largest absolute Gasteiger partial charge is 0.393 e. The summed E-state index contributed by atoms with van der Waals surface area (Å²) in [5.41, 5.74) is 7.63. The molecule has 0 aliphatic heterocycles. The fourth-order valence-electron chi connectivity index (χ4n) is 2.26. The Morgan fingerprint density at radius 3 is 2.32 bits per heavy atom. The van der Waals surface area contributed by atoms with Crippen LogP contribution in [0.15, 0.2) is 30.6 Å². The molecule has 2 aromatic rings. The molecule has 0 radical (unpaired) electrons. The van der Waals surface area contributed by atoms with Gasteiger partial charge in [0.25, 0.3) is 0 Å². The van der Waals surface area contributed by atoms with Crippen LogP contribution in [-0.2, 0) is 6.54 Å². The van der Waals surface area contributed by atoms with Gasteiger partial charge in [-0.2, -0.15) is 10.5 Å². The number of benzene rings is 1. The first kappa shape index (κ1) is 18.3. The van der Waals surface area contributed by atoms with E-state index in [9.17, 15) is 0 Å². The van der Waals surface area contributed by atoms with Crippen molar-refractivity contribution in [2.75, 3.05) is 29.0 Å². The standard InChI is InChI=1S/C17H18ClN7/c18-14-5-3-13(4-6-14)11-22-16-15(21)17(24-12-23-16)25(9-1-7-19)10-2-8-20/h3-6,12H,1-2,9-11,21H2,(H,22,23,24). The fraction of sp³-hybridized carbons (Fsp3) is 0.294. The number of hydrogen-bond acceptors (Lipinski definition) is 7. The molecule has 0 spiro atoms. The third kappa shape index (κ3) is 5.23. The molecule has 8 heteroatoms. The van der Waals surface area contributed by atoms with E-state index >= 15 is 0 Å². The molecule has 0 unspecified atom stereocenters. The number of nitrogens with two attached hydrogens (primary N) is 1. The predicted octanol–water partition coefficient (Wildman–Crippen LogP) is 2.96. The van der Waals surface area contributed by atoms with Gasteiger partial charge in [0.1, 0.15) is 12.0 Å². The summed E-state index contributed by atoms with van der Waals surface area (Å²) < 4.78 is 0. The lowest BCUT2D eigenvalue weighted by Gasteiger charge is -2.23. The van der Waals surface area contributed by atoms with E-state index in [1.807, 2.05) is 29.2 Å². The van der Waals surface area contributed by atoms with Crippen LogP contribution in [0, 0.1) is 22.7 Å². The van der Waals surface area contributed by atoms with Crippen molar-refractivity contribution in [3.05, 3.63) is 41.2 Å². The van der Waals surface area contributed by atoms with Crippen LogP contribution in [0.3, 0.4) is 0 Å². The normalized spacial score (nSPS) is 9.88. The number of anilines is 3. The van der Waals surface area contributed by atoms with Crippen LogP contribution in [0.1, 0.15) is 18.4 Å². The molecule has 25 heavy (non-hydrogen) atoms. The van der Waals surface area contributed by atoms with Crippen LogP contribution in [0.2, 0.25) is 5.02 Å². The van der Waals surface area contributed by atoms with Crippen molar-refractivity contribution in [3.63, 3.8) is 0 Å². The Kier molecular flexibility index (Phi) is 6.82. The molecule has 1 aromatic heterocycles. The summed E-state index contributed by atoms with van der Waals surface area (Å²) >= 11 is 5.88. The summed E-state index contributed by atoms with van der Waals surface area (Å²) in [5, 5.41) is 21.5. The number of aromatic nitrogens is 2. The van der Waals surface area contributed by atoms with Crippen LogP contribution in [0.4, 0.5) is 17.3 Å². The van der Waals surface area contributed by atoms with Gasteiger partial charge in [-0.25, -0.2) is 9.97 Å². The molecule has 0 saturated carbocycles. The van der Waals surface area contributed by atoms with Gasteiger partial charge in [-0.05, 0) is 17.7 Å². The van der Waals surface area contributed by atoms with Crippen molar-refractivity contribution in [2.24, 2.45) is 0 Å². The molecule has 0 atom stereocenters. The van der Waals surface area contributed by atoms with E-state index < -0.39 is 0 Å². The maximum absolute atomic E-state index is 8.81. The second kappa shape index (κ2) is 9.31. The first-order chi connectivity index (χ1) is 12.2. The Morgan fingerprint density at radius 2 is 1.72 bits per heavy atom. The summed E-state index contributed by atoms with van der Waals surface area (Å²) in [5.74, 6) is 1.04. The van der Waals surface area contributed by atoms with E-state index in [4.69, 9.17) is 27.9 Å². The summed E-state index contributed by atoms with van der Waals surface area (Å²) in [7, 11) is 0. The summed E-state index contributed by atoms with van der Waals surface area (Å²) in [6, 6.07) is 11.7. The number of nitrogens with zero attached hydrogens (tertiary/aromatic N) is 5. The molecule has 0 fully saturated rings. The van der Waals surface area contributed by atoms with Gasteiger partial charge in [0, 0.05) is 24.7 Å². The minimum Gasteiger partial charge on any atom is -0.393 e. The van der Waals surface area contributed by atoms with Crippen molar-refractivity contribution < 1.29 is 0 Å². The average molecular weight is 356 g/mol. The van der Waals surface area contributed by atoms with Crippen LogP contribution >= 0.6 is 11.6 Å². The molecule has 0 bridgehead atoms. The SMILES string of the molecule is N#CCCN(CCC#N)c1ncnc(NCc2ccc(Cl)cc2)c1N. The molecular formula is C17H18ClN7. The van der Waals surface area contributed by atoms with Crippen molar-refractivity contribution in [3.8, 4) is 12.1 Å². The Labute approximate surface area is 151 Å². The third-order valence-electron chi connectivity index (χ3n) is 3.52. The number of rotatable bonds is 8. The van der Waals surface area contributed by atoms with E-state index in [0.717, 1.165) is 5.56 Å². The summed E-state index contributed by atoms with van der Waals surface area (Å²) in [6.07, 6.45) is 2.06. The van der Waals surface area contributed by atoms with Crippen molar-refractivity contribution in [2.45, 2.75) is 19.4 Å². The van der Waals surface area contributed by atoms with Crippen molar-refractivity contribution in [1.29, 1.82) is 10.5 Å². The third-order valence-corrected chi connectivity index (χ3v) is 3.77. The highest BCUT2D eigenvalue weighted by molar-refractivity contribution is 6.30. The van der Waals surface area contributed by atoms with E-state index in [2.05, 4.69) is 27.4 Å². The zero-order valence-corrected chi connectivity index (χ0v) is 14.4. The lowest BCUT2D eigenvalue weighted by Crippen LogP contribution is -2.27. The minimum atomic E-state index is 0.322. The highest BCUT2D eigenvalue weighted by Gasteiger charge is 2.15. The van der Waals surface area contributed by atoms with Gasteiger partial charge in [-0.15, -0.1) is 0 Å². The predicted molar refractivity (Wildman–Crippen MR) is 97.9 cm³/mol. The molecule has 0 amide bonds. The first-order valence-electron chi connectivity index (χ1n) is 7.73. The van der Waals surface area contributed by atoms with Gasteiger partial charge in [0.15, 0.2) is 11.6 Å². The lowest BCUT2D eigenvalue weighted by molar-refractivity contribution is 0.781. The molecule has 2 rings (SSSR count). The highest BCUT2D eigenvalue weighted by Crippen LogP contribution is 2.26. The van der Waals surface area contributed by atoms with Crippen LogP contribution in [-0.4, -0.2) is 23.1 Å². The molecule has 1 heterocycles. The van der Waals surface area contributed by atoms with Gasteiger partial charge in [0.2, 0.25) is 0 Å². The maximum atomic E-state index is 8.81. The van der Waals surface area contributed by atoms with Crippen LogP contribution in [0.25, 0.3) is 0 Å². The van der Waals surface area contributed by atoms with Gasteiger partial charge < -0.3 is 16.0 Å². The molecule has 128 valence electrons. The second-order valence-corrected chi connectivity index (χ2v) is 5.68. The van der Waals surface area contributed by atoms with Crippen molar-refractivity contribution in [1.82, 2.24) is 9.97 Å². The Balaban J connectivity index is 2.14. The fourth-order valence-corrected chi connectivity index (χ4v) is 2.39. The Morgan fingerprint density at radius 1 is 1.08 bits per heavy atom. The number of halogens is 1. The van der Waals surface area contributed by atoms with Crippen LogP contribution in [0.5, 0.6) is 0 Å². The van der Waals surface area contributed by atoms with Gasteiger partial charge in [0.05, 0.1) is 25.0 Å². The molecule has 0 aliphatic rings. The second-order valence-electron chi connectivity index (χ2n) is 5.24. The maximum Gasteiger partial charge on any atom is 0.157 e. The zero-order chi connectivity index (χ0) is 18.1. The molecule has 0 aliphatic carbocycles. The lowest BCUT2D eigenvalue weighted by atomic mass is 10.2. The zero-order valence-electron chi connectivity index (χ0n) is 13.6. The summed E-state index contributed by atoms with van der Waals surface area (Å²) in [6.45, 7) is 1.44. The van der Waals surface area contributed by atoms with E-state index in [0.29, 0.717) is 54.8 Å². The molecule has 7 nitrogen and oxygen atoms in total. The number of nitriles is 2. The monoisotopic (exact) mass is 355 g/mol. The highest BCUT2D eigenvalue weighted by atomic mass is 35.5. The molecule has 1 aromatic carbocycles. The number of nitrogens with one attached hydrogen (secondary N) is 1. The number of nitrogen functional groups attached to an aromatic ring is 1. The smallest absolute Gasteiger partial charge is 0.157 e. The molecule has 0 saturated heterocycles. The number of hydrogen-bond donors (Lipinski definition) is 2. The van der Waals surface area contributed by atoms with Crippen LogP contribution < -0.4 is 16.0 Å². The van der Waals surface area contributed by atoms with Crippen molar-refractivity contribution >= 4 is 28.9 Å². The Hall–Kier alpha value is -3.03. The minimum absolute atomic E-state index is 0.322. The molecule has 3 N–H and O–H groups in total. The van der Waals surface area contributed by atoms with Gasteiger partial charge >= 0.3 is 0 Å². The summed E-state index contributed by atoms with van der Waals surface area (Å²) in [4.78, 5) is 10.2. The van der Waals surface area contributed by atoms with Gasteiger partial charge in [-0.3, -0.25) is 0 Å². The van der Waals surface area contributed by atoms with E-state index in [-0.39, 0.29) is 0 Å².